The molecule has 0 aliphatic carbocycles. The molecule has 0 radical (unpaired) electrons. The molecule has 8 nitrogen and oxygen atoms in total. The van der Waals surface area contributed by atoms with Crippen molar-refractivity contribution in [2.24, 2.45) is 0 Å². The predicted octanol–water partition coefficient (Wildman–Crippen LogP) is 4.60. The van der Waals surface area contributed by atoms with E-state index in [-0.39, 0.29) is 36.8 Å². The number of rotatable bonds is 3. The Kier molecular flexibility index (Phi) is 7.79. The Bertz CT molecular complexity index is 1260. The van der Waals surface area contributed by atoms with Gasteiger partial charge in [-0.1, -0.05) is 53.7 Å². The lowest BCUT2D eigenvalue weighted by molar-refractivity contribution is -0.172. The van der Waals surface area contributed by atoms with Crippen LogP contribution in [0.3, 0.4) is 0 Å². The predicted molar refractivity (Wildman–Crippen MR) is 143 cm³/mol. The lowest BCUT2D eigenvalue weighted by Crippen LogP contribution is -2.63. The molecule has 8 heteroatoms. The minimum atomic E-state index is -1.11. The van der Waals surface area contributed by atoms with Crippen molar-refractivity contribution in [1.29, 1.82) is 0 Å². The molecule has 38 heavy (non-hydrogen) atoms. The SMILES string of the molecule is CC(C)N1CCOc2ccccc2CCCCC2(CN(C(=O)c3cc(-c4ccccc4)no3)CCO2)C1=O. The third-order valence-electron chi connectivity index (χ3n) is 7.38. The van der Waals surface area contributed by atoms with Crippen molar-refractivity contribution in [2.45, 2.75) is 51.2 Å². The highest BCUT2D eigenvalue weighted by molar-refractivity contribution is 5.94. The van der Waals surface area contributed by atoms with E-state index in [0.717, 1.165) is 30.6 Å². The Labute approximate surface area is 223 Å². The smallest absolute Gasteiger partial charge is 0.292 e. The zero-order valence-electron chi connectivity index (χ0n) is 22.1. The van der Waals surface area contributed by atoms with Crippen LogP contribution in [0.15, 0.2) is 65.2 Å². The first kappa shape index (κ1) is 26.0. The van der Waals surface area contributed by atoms with Gasteiger partial charge in [0.05, 0.1) is 19.7 Å². The largest absolute Gasteiger partial charge is 0.491 e. The summed E-state index contributed by atoms with van der Waals surface area (Å²) in [6.07, 6.45) is 3.07. The van der Waals surface area contributed by atoms with Crippen molar-refractivity contribution < 1.29 is 23.6 Å². The van der Waals surface area contributed by atoms with Crippen molar-refractivity contribution in [3.05, 3.63) is 72.0 Å². The number of carbonyl (C=O) groups excluding carboxylic acids is 2. The van der Waals surface area contributed by atoms with E-state index >= 15 is 0 Å². The Morgan fingerprint density at radius 2 is 1.79 bits per heavy atom. The molecule has 3 heterocycles. The Hall–Kier alpha value is -3.65. The van der Waals surface area contributed by atoms with E-state index in [1.807, 2.05) is 67.3 Å². The van der Waals surface area contributed by atoms with E-state index in [9.17, 15) is 9.59 Å². The van der Waals surface area contributed by atoms with E-state index in [1.165, 1.54) is 5.56 Å². The van der Waals surface area contributed by atoms with Gasteiger partial charge in [0.2, 0.25) is 5.76 Å². The van der Waals surface area contributed by atoms with Gasteiger partial charge in [-0.05, 0) is 51.2 Å². The molecular weight excluding hydrogens is 482 g/mol. The summed E-state index contributed by atoms with van der Waals surface area (Å²) in [5.74, 6) is 0.665. The molecule has 0 saturated carbocycles. The van der Waals surface area contributed by atoms with Crippen LogP contribution in [-0.2, 0) is 16.0 Å². The van der Waals surface area contributed by atoms with Gasteiger partial charge in [-0.25, -0.2) is 0 Å². The van der Waals surface area contributed by atoms with Crippen molar-refractivity contribution in [3.8, 4) is 17.0 Å². The molecule has 1 unspecified atom stereocenters. The first-order chi connectivity index (χ1) is 18.5. The van der Waals surface area contributed by atoms with Crippen molar-refractivity contribution in [3.63, 3.8) is 0 Å². The number of aryl methyl sites for hydroxylation is 1. The summed E-state index contributed by atoms with van der Waals surface area (Å²) in [7, 11) is 0. The molecule has 2 amide bonds. The van der Waals surface area contributed by atoms with E-state index in [0.29, 0.717) is 31.8 Å². The van der Waals surface area contributed by atoms with Crippen LogP contribution in [0.5, 0.6) is 5.75 Å². The highest BCUT2D eigenvalue weighted by Gasteiger charge is 2.47. The molecule has 1 fully saturated rings. The van der Waals surface area contributed by atoms with Crippen LogP contribution >= 0.6 is 0 Å². The fourth-order valence-electron chi connectivity index (χ4n) is 5.31. The summed E-state index contributed by atoms with van der Waals surface area (Å²) in [4.78, 5) is 31.1. The van der Waals surface area contributed by atoms with Crippen LogP contribution < -0.4 is 4.74 Å². The number of hydrogen-bond acceptors (Lipinski definition) is 6. The van der Waals surface area contributed by atoms with Gasteiger partial charge < -0.3 is 23.8 Å². The number of benzene rings is 2. The molecule has 1 saturated heterocycles. The fourth-order valence-corrected chi connectivity index (χ4v) is 5.31. The first-order valence-electron chi connectivity index (χ1n) is 13.4. The summed E-state index contributed by atoms with van der Waals surface area (Å²) < 4.78 is 17.8. The van der Waals surface area contributed by atoms with E-state index < -0.39 is 5.60 Å². The summed E-state index contributed by atoms with van der Waals surface area (Å²) in [6, 6.07) is 19.3. The second-order valence-corrected chi connectivity index (χ2v) is 10.3. The van der Waals surface area contributed by atoms with Crippen LogP contribution in [0.4, 0.5) is 0 Å². The van der Waals surface area contributed by atoms with Crippen molar-refractivity contribution in [1.82, 2.24) is 15.0 Å². The number of morpholine rings is 1. The third kappa shape index (κ3) is 5.45. The maximum absolute atomic E-state index is 14.1. The monoisotopic (exact) mass is 517 g/mol. The van der Waals surface area contributed by atoms with Crippen LogP contribution in [0.25, 0.3) is 11.3 Å². The van der Waals surface area contributed by atoms with Gasteiger partial charge in [-0.15, -0.1) is 0 Å². The van der Waals surface area contributed by atoms with Gasteiger partial charge in [0.1, 0.15) is 18.1 Å². The Morgan fingerprint density at radius 3 is 2.61 bits per heavy atom. The van der Waals surface area contributed by atoms with Gasteiger partial charge in [0, 0.05) is 24.2 Å². The lowest BCUT2D eigenvalue weighted by atomic mass is 9.90. The molecule has 3 aromatic rings. The minimum absolute atomic E-state index is 0.0430. The number of para-hydroxylation sites is 1. The van der Waals surface area contributed by atoms with Gasteiger partial charge >= 0.3 is 0 Å². The van der Waals surface area contributed by atoms with Crippen LogP contribution in [-0.4, -0.2) is 71.3 Å². The van der Waals surface area contributed by atoms with E-state index in [2.05, 4.69) is 11.2 Å². The van der Waals surface area contributed by atoms with Crippen LogP contribution in [0.2, 0.25) is 0 Å². The molecule has 200 valence electrons. The van der Waals surface area contributed by atoms with Gasteiger partial charge in [-0.3, -0.25) is 9.59 Å². The van der Waals surface area contributed by atoms with Gasteiger partial charge in [-0.2, -0.15) is 0 Å². The molecule has 2 aliphatic heterocycles. The van der Waals surface area contributed by atoms with Gasteiger partial charge in [0.25, 0.3) is 11.8 Å². The normalized spacial score (nSPS) is 21.0. The Balaban J connectivity index is 1.38. The fraction of sp³-hybridized carbons (Fsp3) is 0.433. The topological polar surface area (TPSA) is 85.1 Å². The average molecular weight is 518 g/mol. The summed E-state index contributed by atoms with van der Waals surface area (Å²) >= 11 is 0. The number of ether oxygens (including phenoxy) is 2. The third-order valence-corrected chi connectivity index (χ3v) is 7.38. The molecule has 1 spiro atoms. The average Bonchev–Trinajstić information content (AvgIpc) is 3.44. The first-order valence-corrected chi connectivity index (χ1v) is 13.4. The number of amides is 2. The van der Waals surface area contributed by atoms with E-state index in [1.54, 1.807) is 11.0 Å². The molecule has 2 aromatic carbocycles. The van der Waals surface area contributed by atoms with E-state index in [4.69, 9.17) is 14.0 Å². The minimum Gasteiger partial charge on any atom is -0.491 e. The standard InChI is InChI=1S/C30H35N3O5/c1-22(2)33-17-18-36-26-14-7-6-12-24(26)13-8-9-15-30(29(33)35)21-32(16-19-37-30)28(34)27-20-25(31-38-27)23-10-4-3-5-11-23/h3-7,10-12,14,20,22H,8-9,13,15-19,21H2,1-2H3. The quantitative estimate of drug-likeness (QED) is 0.505. The molecular formula is C30H35N3O5. The summed E-state index contributed by atoms with van der Waals surface area (Å²) in [6.45, 7) is 5.66. The van der Waals surface area contributed by atoms with Gasteiger partial charge in [0.15, 0.2) is 5.60 Å². The molecule has 0 N–H and O–H groups in total. The second kappa shape index (κ2) is 11.4. The van der Waals surface area contributed by atoms with Crippen molar-refractivity contribution in [2.75, 3.05) is 32.8 Å². The zero-order chi connectivity index (χ0) is 26.5. The number of hydrogen-bond donors (Lipinski definition) is 0. The number of carbonyl (C=O) groups is 2. The molecule has 1 atom stereocenters. The maximum atomic E-state index is 14.1. The number of aromatic nitrogens is 1. The summed E-state index contributed by atoms with van der Waals surface area (Å²) in [5, 5.41) is 4.10. The molecule has 2 aliphatic rings. The van der Waals surface area contributed by atoms with Crippen LogP contribution in [0, 0.1) is 0 Å². The number of nitrogens with zero attached hydrogens (tertiary/aromatic N) is 3. The highest BCUT2D eigenvalue weighted by Crippen LogP contribution is 2.31. The highest BCUT2D eigenvalue weighted by atomic mass is 16.5. The molecule has 5 rings (SSSR count). The molecule has 0 bridgehead atoms. The zero-order valence-corrected chi connectivity index (χ0v) is 22.1. The molecule has 1 aromatic heterocycles. The lowest BCUT2D eigenvalue weighted by Gasteiger charge is -2.44. The van der Waals surface area contributed by atoms with Crippen LogP contribution in [0.1, 0.15) is 49.2 Å². The maximum Gasteiger partial charge on any atom is 0.292 e. The second-order valence-electron chi connectivity index (χ2n) is 10.3. The summed E-state index contributed by atoms with van der Waals surface area (Å²) in [5.41, 5.74) is 1.54. The number of fused-ring (bicyclic) bond motifs is 1. The Morgan fingerprint density at radius 1 is 1.00 bits per heavy atom. The van der Waals surface area contributed by atoms with Crippen molar-refractivity contribution >= 4 is 11.8 Å².